The highest BCUT2D eigenvalue weighted by atomic mass is 16.7. The van der Waals surface area contributed by atoms with Gasteiger partial charge in [0.15, 0.2) is 6.29 Å². The number of esters is 1. The number of fused-ring (bicyclic) bond motifs is 5. The molecule has 2 saturated carbocycles. The molecule has 0 bridgehead atoms. The number of allylic oxidation sites excluding steroid dienone is 3. The molecule has 0 aromatic heterocycles. The summed E-state index contributed by atoms with van der Waals surface area (Å²) in [5.41, 5.74) is 1.53. The first-order chi connectivity index (χ1) is 20.8. The Morgan fingerprint density at radius 2 is 1.80 bits per heavy atom. The van der Waals surface area contributed by atoms with Gasteiger partial charge in [0.1, 0.15) is 36.3 Å². The van der Waals surface area contributed by atoms with Crippen molar-refractivity contribution in [3.05, 3.63) is 34.9 Å². The Morgan fingerprint density at radius 1 is 1.05 bits per heavy atom. The molecule has 6 rings (SSSR count). The molecule has 14 atom stereocenters. The molecular formula is C34H48O10. The molecule has 10 nitrogen and oxygen atoms in total. The second-order valence-corrected chi connectivity index (χ2v) is 14.6. The summed E-state index contributed by atoms with van der Waals surface area (Å²) in [6.07, 6.45) is 2.74. The molecule has 0 spiro atoms. The number of ketones is 1. The smallest absolute Gasteiger partial charge is 0.336 e. The van der Waals surface area contributed by atoms with Gasteiger partial charge in [0, 0.05) is 12.8 Å². The lowest BCUT2D eigenvalue weighted by Crippen LogP contribution is -2.59. The third-order valence-electron chi connectivity index (χ3n) is 12.7. The number of ether oxygens (including phenoxy) is 3. The fourth-order valence-electron chi connectivity index (χ4n) is 9.99. The summed E-state index contributed by atoms with van der Waals surface area (Å²) in [5.74, 6) is 0.546. The Labute approximate surface area is 258 Å². The van der Waals surface area contributed by atoms with Crippen molar-refractivity contribution in [2.45, 2.75) is 109 Å². The van der Waals surface area contributed by atoms with E-state index >= 15 is 0 Å². The number of carbonyl (C=O) groups excluding carboxylic acids is 2. The highest BCUT2D eigenvalue weighted by Gasteiger charge is 2.63. The van der Waals surface area contributed by atoms with Crippen LogP contribution in [0.4, 0.5) is 0 Å². The molecule has 5 N–H and O–H groups in total. The number of cyclic esters (lactones) is 1. The maximum absolute atomic E-state index is 13.3. The van der Waals surface area contributed by atoms with E-state index < -0.39 is 54.8 Å². The van der Waals surface area contributed by atoms with Gasteiger partial charge in [0.05, 0.1) is 30.3 Å². The summed E-state index contributed by atoms with van der Waals surface area (Å²) < 4.78 is 17.1. The first kappa shape index (κ1) is 32.0. The van der Waals surface area contributed by atoms with Gasteiger partial charge < -0.3 is 39.7 Å². The number of hydrogen-bond acceptors (Lipinski definition) is 10. The average molecular weight is 617 g/mol. The maximum Gasteiger partial charge on any atom is 0.336 e. The van der Waals surface area contributed by atoms with Crippen molar-refractivity contribution in [2.24, 2.45) is 40.4 Å². The van der Waals surface area contributed by atoms with Gasteiger partial charge in [-0.15, -0.1) is 0 Å². The molecular weight excluding hydrogens is 568 g/mol. The molecule has 3 fully saturated rings. The molecule has 244 valence electrons. The topological polar surface area (TPSA) is 163 Å². The van der Waals surface area contributed by atoms with Crippen molar-refractivity contribution in [1.82, 2.24) is 0 Å². The fourth-order valence-corrected chi connectivity index (χ4v) is 9.99. The zero-order valence-corrected chi connectivity index (χ0v) is 26.1. The summed E-state index contributed by atoms with van der Waals surface area (Å²) >= 11 is 0. The average Bonchev–Trinajstić information content (AvgIpc) is 3.34. The third-order valence-corrected chi connectivity index (χ3v) is 12.7. The molecule has 6 aliphatic rings. The van der Waals surface area contributed by atoms with E-state index in [1.54, 1.807) is 0 Å². The zero-order chi connectivity index (χ0) is 31.7. The lowest BCUT2D eigenvalue weighted by Gasteiger charge is -2.58. The van der Waals surface area contributed by atoms with Gasteiger partial charge in [-0.1, -0.05) is 37.6 Å². The Hall–Kier alpha value is -1.92. The number of hydrogen-bond donors (Lipinski definition) is 5. The number of aliphatic hydroxyl groups excluding tert-OH is 5. The third kappa shape index (κ3) is 4.87. The highest BCUT2D eigenvalue weighted by molar-refractivity contribution is 5.92. The van der Waals surface area contributed by atoms with E-state index in [-0.39, 0.29) is 47.6 Å². The molecule has 12 unspecified atom stereocenters. The monoisotopic (exact) mass is 616 g/mol. The van der Waals surface area contributed by atoms with E-state index in [0.29, 0.717) is 24.3 Å². The minimum Gasteiger partial charge on any atom is -0.458 e. The van der Waals surface area contributed by atoms with E-state index in [2.05, 4.69) is 20.8 Å². The van der Waals surface area contributed by atoms with Gasteiger partial charge in [0.2, 0.25) is 0 Å². The van der Waals surface area contributed by atoms with Crippen molar-refractivity contribution >= 4 is 11.8 Å². The van der Waals surface area contributed by atoms with Crippen molar-refractivity contribution < 1.29 is 49.3 Å². The number of Topliss-reactive ketones (excluding diaryl/α,β-unsaturated/α-hetero) is 1. The lowest BCUT2D eigenvalue weighted by atomic mass is 9.46. The van der Waals surface area contributed by atoms with Crippen molar-refractivity contribution in [3.63, 3.8) is 0 Å². The zero-order valence-electron chi connectivity index (χ0n) is 26.1. The van der Waals surface area contributed by atoms with Crippen LogP contribution < -0.4 is 0 Å². The Balaban J connectivity index is 1.14. The summed E-state index contributed by atoms with van der Waals surface area (Å²) in [6.45, 7) is 7.68. The normalized spacial score (nSPS) is 47.8. The van der Waals surface area contributed by atoms with E-state index in [1.165, 1.54) is 0 Å². The van der Waals surface area contributed by atoms with Gasteiger partial charge in [-0.3, -0.25) is 4.79 Å². The van der Waals surface area contributed by atoms with Crippen LogP contribution in [0.2, 0.25) is 0 Å². The molecule has 0 aromatic rings. The van der Waals surface area contributed by atoms with Gasteiger partial charge in [-0.2, -0.15) is 0 Å². The molecule has 2 heterocycles. The second kappa shape index (κ2) is 11.7. The standard InChI is InChI=1S/C34H48O10/c1-16-12-24(43-31(41)19(16)15-42-32-30(40)29(39)28(38)25(14-35)44-32)17(2)20-8-9-21-27-22(10-11-33(20,21)3)34(4)18(13-23(27)36)6-5-7-26(34)37/h5-6,13,17,20-25,27-30,32,35-36,38-40H,7-12,14-15H2,1-4H3/t17?,20?,21?,22?,23?,24?,25?,27?,28?,29?,30?,32?,33-,34+/m1/s1. The predicted octanol–water partition coefficient (Wildman–Crippen LogP) is 1.97. The van der Waals surface area contributed by atoms with E-state index in [9.17, 15) is 35.1 Å². The minimum atomic E-state index is -1.56. The molecule has 44 heavy (non-hydrogen) atoms. The van der Waals surface area contributed by atoms with Crippen LogP contribution in [0, 0.1) is 40.4 Å². The first-order valence-electron chi connectivity index (χ1n) is 16.2. The summed E-state index contributed by atoms with van der Waals surface area (Å²) in [6, 6.07) is 0. The van der Waals surface area contributed by atoms with Crippen LogP contribution in [0.1, 0.15) is 66.2 Å². The summed E-state index contributed by atoms with van der Waals surface area (Å²) in [5, 5.41) is 51.2. The van der Waals surface area contributed by atoms with Crippen LogP contribution in [0.25, 0.3) is 0 Å². The van der Waals surface area contributed by atoms with Crippen LogP contribution in [0.3, 0.4) is 0 Å². The molecule has 4 aliphatic carbocycles. The van der Waals surface area contributed by atoms with Gasteiger partial charge in [-0.25, -0.2) is 4.79 Å². The van der Waals surface area contributed by atoms with Gasteiger partial charge in [-0.05, 0) is 80.1 Å². The number of carbonyl (C=O) groups is 2. The molecule has 0 amide bonds. The Bertz CT molecular complexity index is 1250. The molecule has 0 aromatic carbocycles. The van der Waals surface area contributed by atoms with Crippen molar-refractivity contribution in [1.29, 1.82) is 0 Å². The molecule has 1 saturated heterocycles. The largest absolute Gasteiger partial charge is 0.458 e. The number of aliphatic hydroxyl groups is 5. The summed E-state index contributed by atoms with van der Waals surface area (Å²) in [4.78, 5) is 26.5. The maximum atomic E-state index is 13.3. The molecule has 2 aliphatic heterocycles. The second-order valence-electron chi connectivity index (χ2n) is 14.6. The Kier molecular flexibility index (Phi) is 8.52. The van der Waals surface area contributed by atoms with Crippen molar-refractivity contribution in [3.8, 4) is 0 Å². The number of rotatable bonds is 6. The lowest BCUT2D eigenvalue weighted by molar-refractivity contribution is -0.299. The van der Waals surface area contributed by atoms with Crippen LogP contribution >= 0.6 is 0 Å². The van der Waals surface area contributed by atoms with Gasteiger partial charge >= 0.3 is 5.97 Å². The van der Waals surface area contributed by atoms with E-state index in [0.717, 1.165) is 36.8 Å². The van der Waals surface area contributed by atoms with Crippen LogP contribution in [-0.4, -0.2) is 93.4 Å². The first-order valence-corrected chi connectivity index (χ1v) is 16.2. The molecule has 0 radical (unpaired) electrons. The van der Waals surface area contributed by atoms with Crippen LogP contribution in [-0.2, 0) is 23.8 Å². The summed E-state index contributed by atoms with van der Waals surface area (Å²) in [7, 11) is 0. The SMILES string of the molecule is CC1=C(COC2OC(CO)C(O)C(O)C2O)C(=O)OC(C(C)C2CCC3C4C(O)C=C5C=CCC(=O)[C@]5(C)C4CC[C@]23C)C1. The minimum absolute atomic E-state index is 0.0249. The highest BCUT2D eigenvalue weighted by Crippen LogP contribution is 2.66. The van der Waals surface area contributed by atoms with Crippen LogP contribution in [0.15, 0.2) is 34.9 Å². The molecule has 10 heteroatoms. The van der Waals surface area contributed by atoms with Gasteiger partial charge in [0.25, 0.3) is 0 Å². The quantitative estimate of drug-likeness (QED) is 0.279. The Morgan fingerprint density at radius 3 is 2.50 bits per heavy atom. The van der Waals surface area contributed by atoms with Crippen molar-refractivity contribution in [2.75, 3.05) is 13.2 Å². The fraction of sp³-hybridized carbons (Fsp3) is 0.765. The van der Waals surface area contributed by atoms with E-state index in [4.69, 9.17) is 14.2 Å². The predicted molar refractivity (Wildman–Crippen MR) is 158 cm³/mol. The van der Waals surface area contributed by atoms with Crippen LogP contribution in [0.5, 0.6) is 0 Å². The van der Waals surface area contributed by atoms with E-state index in [1.807, 2.05) is 25.2 Å².